The minimum atomic E-state index is -0.426. The van der Waals surface area contributed by atoms with Gasteiger partial charge >= 0.3 is 0 Å². The number of halogens is 2. The molecular weight excluding hydrogens is 301 g/mol. The van der Waals surface area contributed by atoms with E-state index in [-0.39, 0.29) is 16.8 Å². The zero-order chi connectivity index (χ0) is 14.9. The van der Waals surface area contributed by atoms with Gasteiger partial charge in [-0.25, -0.2) is 0 Å². The molecule has 0 aromatic heterocycles. The Bertz CT molecular complexity index is 525. The van der Waals surface area contributed by atoms with Gasteiger partial charge in [-0.1, -0.05) is 30.1 Å². The SMILES string of the molecule is CC1CCCN(c2cc(Cl)c(Cl)cc2[N+](=O)[O-])C1CN. The van der Waals surface area contributed by atoms with Crippen molar-refractivity contribution in [3.05, 3.63) is 32.3 Å². The van der Waals surface area contributed by atoms with E-state index in [1.54, 1.807) is 6.07 Å². The molecule has 20 heavy (non-hydrogen) atoms. The average Bonchev–Trinajstić information content (AvgIpc) is 2.40. The summed E-state index contributed by atoms with van der Waals surface area (Å²) < 4.78 is 0. The van der Waals surface area contributed by atoms with Crippen molar-refractivity contribution in [1.29, 1.82) is 0 Å². The first-order chi connectivity index (χ1) is 9.45. The first-order valence-electron chi connectivity index (χ1n) is 6.55. The van der Waals surface area contributed by atoms with Crippen molar-refractivity contribution in [3.63, 3.8) is 0 Å². The van der Waals surface area contributed by atoms with Gasteiger partial charge in [-0.15, -0.1) is 0 Å². The summed E-state index contributed by atoms with van der Waals surface area (Å²) in [6, 6.07) is 2.97. The second-order valence-corrected chi connectivity index (χ2v) is 5.94. The van der Waals surface area contributed by atoms with Crippen molar-refractivity contribution in [2.45, 2.75) is 25.8 Å². The van der Waals surface area contributed by atoms with Crippen LogP contribution in [0.3, 0.4) is 0 Å². The first-order valence-corrected chi connectivity index (χ1v) is 7.31. The van der Waals surface area contributed by atoms with E-state index < -0.39 is 4.92 Å². The van der Waals surface area contributed by atoms with E-state index in [4.69, 9.17) is 28.9 Å². The van der Waals surface area contributed by atoms with Crippen LogP contribution in [-0.4, -0.2) is 24.1 Å². The Morgan fingerprint density at radius 3 is 2.70 bits per heavy atom. The summed E-state index contributed by atoms with van der Waals surface area (Å²) in [4.78, 5) is 12.8. The van der Waals surface area contributed by atoms with Crippen LogP contribution >= 0.6 is 23.2 Å². The molecule has 0 bridgehead atoms. The Morgan fingerprint density at radius 2 is 2.10 bits per heavy atom. The van der Waals surface area contributed by atoms with E-state index in [9.17, 15) is 10.1 Å². The van der Waals surface area contributed by atoms with Gasteiger partial charge < -0.3 is 10.6 Å². The highest BCUT2D eigenvalue weighted by Gasteiger charge is 2.32. The second kappa shape index (κ2) is 6.16. The van der Waals surface area contributed by atoms with Gasteiger partial charge in [0.2, 0.25) is 0 Å². The Kier molecular flexibility index (Phi) is 4.73. The molecule has 0 saturated carbocycles. The monoisotopic (exact) mass is 317 g/mol. The number of nitrogens with two attached hydrogens (primary N) is 1. The Labute approximate surface area is 127 Å². The van der Waals surface area contributed by atoms with Crippen LogP contribution in [0, 0.1) is 16.0 Å². The average molecular weight is 318 g/mol. The normalized spacial score (nSPS) is 22.9. The lowest BCUT2D eigenvalue weighted by molar-refractivity contribution is -0.384. The molecule has 5 nitrogen and oxygen atoms in total. The maximum atomic E-state index is 11.3. The number of hydrogen-bond acceptors (Lipinski definition) is 4. The maximum Gasteiger partial charge on any atom is 0.294 e. The molecule has 2 unspecified atom stereocenters. The summed E-state index contributed by atoms with van der Waals surface area (Å²) >= 11 is 11.9. The lowest BCUT2D eigenvalue weighted by atomic mass is 9.90. The predicted molar refractivity (Wildman–Crippen MR) is 81.7 cm³/mol. The fraction of sp³-hybridized carbons (Fsp3) is 0.538. The molecule has 1 aliphatic rings. The Hall–Kier alpha value is -1.04. The van der Waals surface area contributed by atoms with Gasteiger partial charge in [0.05, 0.1) is 15.0 Å². The van der Waals surface area contributed by atoms with Crippen LogP contribution in [0.5, 0.6) is 0 Å². The van der Waals surface area contributed by atoms with Gasteiger partial charge in [-0.05, 0) is 24.8 Å². The van der Waals surface area contributed by atoms with Gasteiger partial charge in [-0.2, -0.15) is 0 Å². The predicted octanol–water partition coefficient (Wildman–Crippen LogP) is 3.47. The highest BCUT2D eigenvalue weighted by Crippen LogP contribution is 2.39. The minimum Gasteiger partial charge on any atom is -0.361 e. The molecule has 1 heterocycles. The molecule has 2 rings (SSSR count). The molecule has 110 valence electrons. The maximum absolute atomic E-state index is 11.3. The van der Waals surface area contributed by atoms with Crippen molar-refractivity contribution in [3.8, 4) is 0 Å². The lowest BCUT2D eigenvalue weighted by Crippen LogP contribution is -2.49. The molecule has 1 aliphatic heterocycles. The van der Waals surface area contributed by atoms with E-state index in [2.05, 4.69) is 6.92 Å². The molecule has 0 aliphatic carbocycles. The van der Waals surface area contributed by atoms with Crippen molar-refractivity contribution in [2.24, 2.45) is 11.7 Å². The van der Waals surface area contributed by atoms with E-state index in [0.29, 0.717) is 23.2 Å². The van der Waals surface area contributed by atoms with Crippen molar-refractivity contribution in [1.82, 2.24) is 0 Å². The molecule has 1 aromatic rings. The molecule has 1 saturated heterocycles. The van der Waals surface area contributed by atoms with Crippen molar-refractivity contribution in [2.75, 3.05) is 18.0 Å². The number of rotatable bonds is 3. The van der Waals surface area contributed by atoms with E-state index in [1.165, 1.54) is 6.07 Å². The Balaban J connectivity index is 2.49. The van der Waals surface area contributed by atoms with Crippen molar-refractivity contribution < 1.29 is 4.92 Å². The fourth-order valence-corrected chi connectivity index (χ4v) is 3.13. The summed E-state index contributed by atoms with van der Waals surface area (Å²) in [6.07, 6.45) is 2.06. The topological polar surface area (TPSA) is 72.4 Å². The Morgan fingerprint density at radius 1 is 1.45 bits per heavy atom. The summed E-state index contributed by atoms with van der Waals surface area (Å²) in [5.74, 6) is 0.391. The number of nitro groups is 1. The quantitative estimate of drug-likeness (QED) is 0.684. The third-order valence-corrected chi connectivity index (χ3v) is 4.60. The lowest BCUT2D eigenvalue weighted by Gasteiger charge is -2.40. The molecular formula is C13H17Cl2N3O2. The van der Waals surface area contributed by atoms with Crippen LogP contribution in [0.2, 0.25) is 10.0 Å². The summed E-state index contributed by atoms with van der Waals surface area (Å²) in [6.45, 7) is 3.32. The third kappa shape index (κ3) is 2.85. The molecule has 1 aromatic carbocycles. The van der Waals surface area contributed by atoms with Crippen LogP contribution in [0.25, 0.3) is 0 Å². The van der Waals surface area contributed by atoms with E-state index >= 15 is 0 Å². The first kappa shape index (κ1) is 15.4. The van der Waals surface area contributed by atoms with Gasteiger partial charge in [0.1, 0.15) is 5.69 Å². The minimum absolute atomic E-state index is 0.0213. The van der Waals surface area contributed by atoms with Crippen LogP contribution in [0.4, 0.5) is 11.4 Å². The highest BCUT2D eigenvalue weighted by atomic mass is 35.5. The largest absolute Gasteiger partial charge is 0.361 e. The molecule has 7 heteroatoms. The molecule has 0 amide bonds. The zero-order valence-electron chi connectivity index (χ0n) is 11.2. The zero-order valence-corrected chi connectivity index (χ0v) is 12.7. The smallest absolute Gasteiger partial charge is 0.294 e. The number of anilines is 1. The molecule has 2 atom stereocenters. The molecule has 1 fully saturated rings. The second-order valence-electron chi connectivity index (χ2n) is 5.13. The summed E-state index contributed by atoms with van der Waals surface area (Å²) in [5, 5.41) is 11.8. The van der Waals surface area contributed by atoms with E-state index in [1.807, 2.05) is 4.90 Å². The molecule has 0 radical (unpaired) electrons. The molecule has 2 N–H and O–H groups in total. The van der Waals surface area contributed by atoms with E-state index in [0.717, 1.165) is 19.4 Å². The van der Waals surface area contributed by atoms with Crippen molar-refractivity contribution >= 4 is 34.6 Å². The highest BCUT2D eigenvalue weighted by molar-refractivity contribution is 6.42. The van der Waals surface area contributed by atoms with Gasteiger partial charge in [0.25, 0.3) is 5.69 Å². The third-order valence-electron chi connectivity index (χ3n) is 3.88. The van der Waals surface area contributed by atoms with Crippen LogP contribution in [0.1, 0.15) is 19.8 Å². The van der Waals surface area contributed by atoms with Crippen LogP contribution in [0.15, 0.2) is 12.1 Å². The standard InChI is InChI=1S/C13H17Cl2N3O2/c1-8-3-2-4-17(13(8)7-16)11-5-9(14)10(15)6-12(11)18(19)20/h5-6,8,13H,2-4,7,16H2,1H3. The van der Waals surface area contributed by atoms with Gasteiger partial charge in [0.15, 0.2) is 0 Å². The van der Waals surface area contributed by atoms with Crippen LogP contribution in [-0.2, 0) is 0 Å². The number of nitrogens with zero attached hydrogens (tertiary/aromatic N) is 2. The number of hydrogen-bond donors (Lipinski definition) is 1. The van der Waals surface area contributed by atoms with Crippen LogP contribution < -0.4 is 10.6 Å². The van der Waals surface area contributed by atoms with Gasteiger partial charge in [0, 0.05) is 25.2 Å². The number of nitro benzene ring substituents is 1. The summed E-state index contributed by atoms with van der Waals surface area (Å²) in [5.41, 5.74) is 6.33. The number of benzene rings is 1. The molecule has 0 spiro atoms. The number of piperidine rings is 1. The summed E-state index contributed by atoms with van der Waals surface area (Å²) in [7, 11) is 0. The fourth-order valence-electron chi connectivity index (χ4n) is 2.81. The van der Waals surface area contributed by atoms with Gasteiger partial charge in [-0.3, -0.25) is 10.1 Å².